The Balaban J connectivity index is 2.07. The van der Waals surface area contributed by atoms with Crippen molar-refractivity contribution in [1.82, 2.24) is 4.98 Å². The molecule has 0 spiro atoms. The predicted octanol–water partition coefficient (Wildman–Crippen LogP) is 2.84. The van der Waals surface area contributed by atoms with Gasteiger partial charge in [-0.2, -0.15) is 0 Å². The second-order valence-electron chi connectivity index (χ2n) is 6.18. The molecule has 1 saturated heterocycles. The average molecular weight is 304 g/mol. The topological polar surface area (TPSA) is 45.6 Å². The van der Waals surface area contributed by atoms with Gasteiger partial charge >= 0.3 is 0 Å². The Morgan fingerprint density at radius 2 is 1.95 bits per heavy atom. The molecule has 0 bridgehead atoms. The minimum atomic E-state index is -0.407. The maximum absolute atomic E-state index is 13.9. The third kappa shape index (κ3) is 2.50. The zero-order valence-electron chi connectivity index (χ0n) is 13.1. The first-order valence-electron chi connectivity index (χ1n) is 7.56. The lowest BCUT2D eigenvalue weighted by atomic mass is 9.88. The van der Waals surface area contributed by atoms with Gasteiger partial charge in [-0.1, -0.05) is 13.8 Å². The van der Waals surface area contributed by atoms with Gasteiger partial charge in [0.25, 0.3) is 0 Å². The summed E-state index contributed by atoms with van der Waals surface area (Å²) in [4.78, 5) is 6.49. The first-order valence-corrected chi connectivity index (χ1v) is 7.56. The van der Waals surface area contributed by atoms with Gasteiger partial charge in [0, 0.05) is 36.4 Å². The van der Waals surface area contributed by atoms with Crippen LogP contribution in [0.3, 0.4) is 0 Å². The highest BCUT2D eigenvalue weighted by Crippen LogP contribution is 2.34. The second-order valence-corrected chi connectivity index (χ2v) is 6.18. The summed E-state index contributed by atoms with van der Waals surface area (Å²) in [7, 11) is 1.46. The van der Waals surface area contributed by atoms with Gasteiger partial charge in [0.05, 0.1) is 18.7 Å². The molecular weight excluding hydrogens is 283 g/mol. The van der Waals surface area contributed by atoms with Crippen LogP contribution in [0.5, 0.6) is 5.75 Å². The number of aliphatic hydroxyl groups excluding tert-OH is 1. The van der Waals surface area contributed by atoms with Crippen LogP contribution in [0.4, 0.5) is 10.1 Å². The molecule has 2 aromatic rings. The Kier molecular flexibility index (Phi) is 3.91. The number of benzene rings is 1. The van der Waals surface area contributed by atoms with E-state index in [9.17, 15) is 9.50 Å². The molecule has 2 atom stereocenters. The quantitative estimate of drug-likeness (QED) is 0.926. The molecule has 3 rings (SSSR count). The number of methoxy groups -OCH3 is 1. The molecule has 1 aliphatic heterocycles. The van der Waals surface area contributed by atoms with E-state index >= 15 is 0 Å². The monoisotopic (exact) mass is 304 g/mol. The van der Waals surface area contributed by atoms with Crippen LogP contribution in [-0.4, -0.2) is 36.4 Å². The third-order valence-corrected chi connectivity index (χ3v) is 4.52. The molecule has 4 nitrogen and oxygen atoms in total. The number of ether oxygens (including phenoxy) is 1. The van der Waals surface area contributed by atoms with Crippen LogP contribution in [0.2, 0.25) is 0 Å². The predicted molar refractivity (Wildman–Crippen MR) is 84.8 cm³/mol. The van der Waals surface area contributed by atoms with Crippen LogP contribution in [0.1, 0.15) is 13.8 Å². The van der Waals surface area contributed by atoms with Crippen molar-refractivity contribution >= 4 is 16.6 Å². The highest BCUT2D eigenvalue weighted by Gasteiger charge is 2.31. The lowest BCUT2D eigenvalue weighted by Crippen LogP contribution is -2.47. The number of aliphatic hydroxyl groups is 1. The van der Waals surface area contributed by atoms with E-state index in [2.05, 4.69) is 23.7 Å². The second kappa shape index (κ2) is 5.72. The fraction of sp³-hybridized carbons (Fsp3) is 0.471. The van der Waals surface area contributed by atoms with Crippen molar-refractivity contribution < 1.29 is 14.2 Å². The van der Waals surface area contributed by atoms with E-state index in [0.717, 1.165) is 24.2 Å². The Hall–Kier alpha value is -1.88. The number of anilines is 1. The molecule has 0 amide bonds. The van der Waals surface area contributed by atoms with Crippen LogP contribution in [0.15, 0.2) is 24.4 Å². The number of piperidine rings is 1. The average Bonchev–Trinajstić information content (AvgIpc) is 2.50. The molecule has 2 unspecified atom stereocenters. The summed E-state index contributed by atoms with van der Waals surface area (Å²) in [5, 5.41) is 11.0. The van der Waals surface area contributed by atoms with Gasteiger partial charge in [0.15, 0.2) is 11.6 Å². The number of hydrogen-bond acceptors (Lipinski definition) is 4. The van der Waals surface area contributed by atoms with Gasteiger partial charge in [0.1, 0.15) is 0 Å². The van der Waals surface area contributed by atoms with Crippen LogP contribution < -0.4 is 9.64 Å². The van der Waals surface area contributed by atoms with Crippen LogP contribution >= 0.6 is 0 Å². The van der Waals surface area contributed by atoms with E-state index in [1.54, 1.807) is 12.3 Å². The molecule has 118 valence electrons. The van der Waals surface area contributed by atoms with Crippen molar-refractivity contribution in [3.8, 4) is 5.75 Å². The normalized spacial score (nSPS) is 25.5. The zero-order chi connectivity index (χ0) is 15.9. The molecule has 1 aliphatic rings. The fourth-order valence-electron chi connectivity index (χ4n) is 3.31. The molecule has 0 saturated carbocycles. The summed E-state index contributed by atoms with van der Waals surface area (Å²) in [5.74, 6) is 0.193. The number of nitrogens with zero attached hydrogens (tertiary/aromatic N) is 2. The number of aromatic nitrogens is 1. The fourth-order valence-corrected chi connectivity index (χ4v) is 3.31. The molecule has 1 aromatic heterocycles. The van der Waals surface area contributed by atoms with E-state index in [1.807, 2.05) is 6.07 Å². The Bertz CT molecular complexity index is 680. The lowest BCUT2D eigenvalue weighted by molar-refractivity contribution is 0.0530. The maximum atomic E-state index is 13.9. The smallest absolute Gasteiger partial charge is 0.167 e. The van der Waals surface area contributed by atoms with Crippen LogP contribution in [0.25, 0.3) is 10.9 Å². The highest BCUT2D eigenvalue weighted by molar-refractivity contribution is 5.92. The molecule has 2 heterocycles. The largest absolute Gasteiger partial charge is 0.494 e. The van der Waals surface area contributed by atoms with Gasteiger partial charge in [-0.15, -0.1) is 0 Å². The Labute approximate surface area is 129 Å². The summed E-state index contributed by atoms with van der Waals surface area (Å²) in [6.45, 7) is 5.64. The molecule has 1 N–H and O–H groups in total. The summed E-state index contributed by atoms with van der Waals surface area (Å²) >= 11 is 0. The number of pyridine rings is 1. The van der Waals surface area contributed by atoms with E-state index in [4.69, 9.17) is 4.74 Å². The number of halogens is 1. The van der Waals surface area contributed by atoms with Crippen LogP contribution in [0, 0.1) is 17.7 Å². The van der Waals surface area contributed by atoms with Crippen molar-refractivity contribution in [3.05, 3.63) is 30.2 Å². The molecule has 1 aromatic carbocycles. The Morgan fingerprint density at radius 1 is 1.27 bits per heavy atom. The summed E-state index contributed by atoms with van der Waals surface area (Å²) in [5.41, 5.74) is 1.62. The standard InChI is InChI=1S/C17H21FN2O2/c1-10-8-20(9-11(2)17(10)21)15-4-5-19-14-7-13(18)16(22-3)6-12(14)15/h4-7,10-11,17,21H,8-9H2,1-3H3. The molecular formula is C17H21FN2O2. The van der Waals surface area contributed by atoms with Crippen molar-refractivity contribution in [1.29, 1.82) is 0 Å². The SMILES string of the molecule is COc1cc2c(N3CC(C)C(O)C(C)C3)ccnc2cc1F. The van der Waals surface area contributed by atoms with E-state index in [0.29, 0.717) is 5.52 Å². The minimum Gasteiger partial charge on any atom is -0.494 e. The number of hydrogen-bond donors (Lipinski definition) is 1. The molecule has 1 fully saturated rings. The van der Waals surface area contributed by atoms with Gasteiger partial charge in [-0.05, 0) is 24.0 Å². The third-order valence-electron chi connectivity index (χ3n) is 4.52. The van der Waals surface area contributed by atoms with Gasteiger partial charge < -0.3 is 14.7 Å². The van der Waals surface area contributed by atoms with Crippen molar-refractivity contribution in [2.24, 2.45) is 11.8 Å². The van der Waals surface area contributed by atoms with Crippen molar-refractivity contribution in [2.45, 2.75) is 20.0 Å². The first kappa shape index (κ1) is 15.0. The van der Waals surface area contributed by atoms with Crippen molar-refractivity contribution in [3.63, 3.8) is 0 Å². The molecule has 0 aliphatic carbocycles. The summed E-state index contributed by atoms with van der Waals surface area (Å²) in [6.07, 6.45) is 1.42. The van der Waals surface area contributed by atoms with E-state index < -0.39 is 5.82 Å². The zero-order valence-corrected chi connectivity index (χ0v) is 13.1. The Morgan fingerprint density at radius 3 is 2.59 bits per heavy atom. The van der Waals surface area contributed by atoms with E-state index in [1.165, 1.54) is 13.2 Å². The van der Waals surface area contributed by atoms with Crippen molar-refractivity contribution in [2.75, 3.05) is 25.1 Å². The molecule has 0 radical (unpaired) electrons. The highest BCUT2D eigenvalue weighted by atomic mass is 19.1. The number of fused-ring (bicyclic) bond motifs is 1. The summed E-state index contributed by atoms with van der Waals surface area (Å²) in [6, 6.07) is 5.05. The van der Waals surface area contributed by atoms with Gasteiger partial charge in [0.2, 0.25) is 0 Å². The lowest BCUT2D eigenvalue weighted by Gasteiger charge is -2.40. The molecule has 5 heteroatoms. The van der Waals surface area contributed by atoms with Gasteiger partial charge in [-0.25, -0.2) is 4.39 Å². The van der Waals surface area contributed by atoms with E-state index in [-0.39, 0.29) is 23.7 Å². The van der Waals surface area contributed by atoms with Gasteiger partial charge in [-0.3, -0.25) is 4.98 Å². The van der Waals surface area contributed by atoms with Crippen LogP contribution in [-0.2, 0) is 0 Å². The maximum Gasteiger partial charge on any atom is 0.167 e. The minimum absolute atomic E-state index is 0.189. The summed E-state index contributed by atoms with van der Waals surface area (Å²) < 4.78 is 19.0. The number of rotatable bonds is 2. The first-order chi connectivity index (χ1) is 10.5. The molecule has 22 heavy (non-hydrogen) atoms.